The highest BCUT2D eigenvalue weighted by atomic mass is 16.6. The first-order valence-electron chi connectivity index (χ1n) is 9.94. The molecule has 0 bridgehead atoms. The normalized spacial score (nSPS) is 15.7. The second kappa shape index (κ2) is 7.62. The van der Waals surface area contributed by atoms with Crippen molar-refractivity contribution >= 4 is 33.7 Å². The molecule has 0 saturated carbocycles. The molecule has 9 nitrogen and oxygen atoms in total. The SMILES string of the molecule is O=[N+]([O-])c1ccc(N2N=C(c3c[nH]c4ccccc34)CC2c2ccccc2)c([N+](=O)[O-])c1. The number of aromatic nitrogens is 1. The van der Waals surface area contributed by atoms with Gasteiger partial charge in [-0.15, -0.1) is 0 Å². The number of non-ortho nitro benzene ring substituents is 1. The molecule has 4 aromatic rings. The zero-order chi connectivity index (χ0) is 22.2. The Morgan fingerprint density at radius 1 is 0.938 bits per heavy atom. The van der Waals surface area contributed by atoms with Gasteiger partial charge in [0.15, 0.2) is 0 Å². The summed E-state index contributed by atoms with van der Waals surface area (Å²) in [5, 5.41) is 30.3. The highest BCUT2D eigenvalue weighted by Gasteiger charge is 2.35. The van der Waals surface area contributed by atoms with Gasteiger partial charge in [-0.1, -0.05) is 48.5 Å². The monoisotopic (exact) mass is 427 g/mol. The molecule has 1 aromatic heterocycles. The van der Waals surface area contributed by atoms with E-state index in [0.29, 0.717) is 6.42 Å². The minimum atomic E-state index is -0.643. The predicted molar refractivity (Wildman–Crippen MR) is 121 cm³/mol. The molecule has 3 aromatic carbocycles. The van der Waals surface area contributed by atoms with Gasteiger partial charge in [-0.25, -0.2) is 0 Å². The number of benzene rings is 3. The Morgan fingerprint density at radius 2 is 1.69 bits per heavy atom. The summed E-state index contributed by atoms with van der Waals surface area (Å²) in [6.07, 6.45) is 2.42. The summed E-state index contributed by atoms with van der Waals surface area (Å²) in [7, 11) is 0. The number of para-hydroxylation sites is 1. The van der Waals surface area contributed by atoms with Crippen molar-refractivity contribution in [2.75, 3.05) is 5.01 Å². The average Bonchev–Trinajstić information content (AvgIpc) is 3.43. The molecule has 0 fully saturated rings. The summed E-state index contributed by atoms with van der Waals surface area (Å²) in [5.74, 6) is 0. The molecule has 1 aliphatic heterocycles. The van der Waals surface area contributed by atoms with Crippen LogP contribution < -0.4 is 5.01 Å². The molecule has 0 saturated heterocycles. The first-order valence-corrected chi connectivity index (χ1v) is 9.94. The van der Waals surface area contributed by atoms with E-state index in [4.69, 9.17) is 5.10 Å². The number of hydrazone groups is 1. The highest BCUT2D eigenvalue weighted by molar-refractivity contribution is 6.12. The summed E-state index contributed by atoms with van der Waals surface area (Å²) < 4.78 is 0. The fourth-order valence-electron chi connectivity index (χ4n) is 4.11. The molecule has 1 unspecified atom stereocenters. The fraction of sp³-hybridized carbons (Fsp3) is 0.0870. The van der Waals surface area contributed by atoms with E-state index in [-0.39, 0.29) is 23.1 Å². The maximum Gasteiger partial charge on any atom is 0.301 e. The third-order valence-electron chi connectivity index (χ3n) is 5.61. The predicted octanol–water partition coefficient (Wildman–Crippen LogP) is 5.34. The van der Waals surface area contributed by atoms with Crippen LogP contribution in [0.4, 0.5) is 17.1 Å². The Labute approximate surface area is 181 Å². The van der Waals surface area contributed by atoms with Gasteiger partial charge in [0.2, 0.25) is 0 Å². The third kappa shape index (κ3) is 3.25. The van der Waals surface area contributed by atoms with Crippen LogP contribution >= 0.6 is 0 Å². The van der Waals surface area contributed by atoms with E-state index < -0.39 is 9.85 Å². The van der Waals surface area contributed by atoms with Crippen molar-refractivity contribution in [1.29, 1.82) is 0 Å². The number of nitro benzene ring substituents is 2. The maximum absolute atomic E-state index is 11.8. The maximum atomic E-state index is 11.8. The molecule has 1 aliphatic rings. The Kier molecular flexibility index (Phi) is 4.63. The van der Waals surface area contributed by atoms with E-state index >= 15 is 0 Å². The molecule has 158 valence electrons. The lowest BCUT2D eigenvalue weighted by Crippen LogP contribution is -2.19. The quantitative estimate of drug-likeness (QED) is 0.341. The van der Waals surface area contributed by atoms with E-state index in [9.17, 15) is 20.2 Å². The number of nitrogens with zero attached hydrogens (tertiary/aromatic N) is 4. The van der Waals surface area contributed by atoms with Gasteiger partial charge in [0, 0.05) is 35.2 Å². The largest absolute Gasteiger partial charge is 0.360 e. The Bertz CT molecular complexity index is 1380. The average molecular weight is 427 g/mol. The van der Waals surface area contributed by atoms with Gasteiger partial charge < -0.3 is 4.98 Å². The smallest absolute Gasteiger partial charge is 0.301 e. The van der Waals surface area contributed by atoms with Gasteiger partial charge in [-0.05, 0) is 17.7 Å². The first kappa shape index (κ1) is 19.4. The van der Waals surface area contributed by atoms with Crippen LogP contribution in [0.5, 0.6) is 0 Å². The lowest BCUT2D eigenvalue weighted by atomic mass is 9.98. The number of hydrogen-bond acceptors (Lipinski definition) is 6. The summed E-state index contributed by atoms with van der Waals surface area (Å²) in [5.41, 5.74) is 3.14. The van der Waals surface area contributed by atoms with E-state index in [1.165, 1.54) is 12.1 Å². The lowest BCUT2D eigenvalue weighted by molar-refractivity contribution is -0.393. The van der Waals surface area contributed by atoms with Crippen LogP contribution in [0.25, 0.3) is 10.9 Å². The molecule has 0 radical (unpaired) electrons. The third-order valence-corrected chi connectivity index (χ3v) is 5.61. The number of hydrogen-bond donors (Lipinski definition) is 1. The minimum absolute atomic E-state index is 0.212. The summed E-state index contributed by atoms with van der Waals surface area (Å²) in [6, 6.07) is 20.8. The van der Waals surface area contributed by atoms with Crippen molar-refractivity contribution < 1.29 is 9.85 Å². The molecule has 9 heteroatoms. The highest BCUT2D eigenvalue weighted by Crippen LogP contribution is 2.42. The number of nitro groups is 2. The molecule has 1 atom stereocenters. The molecule has 0 spiro atoms. The second-order valence-electron chi connectivity index (χ2n) is 7.46. The summed E-state index contributed by atoms with van der Waals surface area (Å²) >= 11 is 0. The summed E-state index contributed by atoms with van der Waals surface area (Å²) in [6.45, 7) is 0. The standard InChI is InChI=1S/C23H17N5O4/c29-27(30)16-10-11-21(23(12-16)28(31)32)26-22(15-6-2-1-3-7-15)13-20(25-26)18-14-24-19-9-5-4-8-17(18)19/h1-12,14,22,24H,13H2. The van der Waals surface area contributed by atoms with E-state index in [2.05, 4.69) is 4.98 Å². The molecule has 2 heterocycles. The Morgan fingerprint density at radius 3 is 2.44 bits per heavy atom. The Hall–Kier alpha value is -4.53. The zero-order valence-electron chi connectivity index (χ0n) is 16.7. The van der Waals surface area contributed by atoms with Crippen LogP contribution in [0.3, 0.4) is 0 Å². The zero-order valence-corrected chi connectivity index (χ0v) is 16.7. The lowest BCUT2D eigenvalue weighted by Gasteiger charge is -2.23. The molecular formula is C23H17N5O4. The van der Waals surface area contributed by atoms with Crippen molar-refractivity contribution in [3.05, 3.63) is 110 Å². The number of aromatic amines is 1. The molecule has 32 heavy (non-hydrogen) atoms. The van der Waals surface area contributed by atoms with Crippen molar-refractivity contribution in [1.82, 2.24) is 4.98 Å². The first-order chi connectivity index (χ1) is 15.5. The van der Waals surface area contributed by atoms with Crippen LogP contribution in [0, 0.1) is 20.2 Å². The molecule has 5 rings (SSSR count). The number of anilines is 1. The van der Waals surface area contributed by atoms with Gasteiger partial charge in [0.25, 0.3) is 5.69 Å². The molecule has 0 amide bonds. The van der Waals surface area contributed by atoms with Crippen LogP contribution in [0.2, 0.25) is 0 Å². The van der Waals surface area contributed by atoms with Gasteiger partial charge in [-0.3, -0.25) is 25.2 Å². The van der Waals surface area contributed by atoms with Gasteiger partial charge in [0.05, 0.1) is 27.7 Å². The van der Waals surface area contributed by atoms with Crippen LogP contribution in [-0.4, -0.2) is 20.5 Å². The number of nitrogens with one attached hydrogen (secondary N) is 1. The number of fused-ring (bicyclic) bond motifs is 1. The van der Waals surface area contributed by atoms with Crippen LogP contribution in [0.1, 0.15) is 23.6 Å². The van der Waals surface area contributed by atoms with E-state index in [1.807, 2.05) is 60.8 Å². The minimum Gasteiger partial charge on any atom is -0.360 e. The topological polar surface area (TPSA) is 118 Å². The van der Waals surface area contributed by atoms with Crippen molar-refractivity contribution in [2.24, 2.45) is 5.10 Å². The van der Waals surface area contributed by atoms with Gasteiger partial charge in [0.1, 0.15) is 5.69 Å². The number of rotatable bonds is 5. The molecule has 0 aliphatic carbocycles. The molecular weight excluding hydrogens is 410 g/mol. The summed E-state index contributed by atoms with van der Waals surface area (Å²) in [4.78, 5) is 24.9. The van der Waals surface area contributed by atoms with E-state index in [1.54, 1.807) is 5.01 Å². The Balaban J connectivity index is 1.66. The van der Waals surface area contributed by atoms with Gasteiger partial charge in [-0.2, -0.15) is 5.10 Å². The molecule has 1 N–H and O–H groups in total. The van der Waals surface area contributed by atoms with Crippen LogP contribution in [0.15, 0.2) is 84.1 Å². The van der Waals surface area contributed by atoms with E-state index in [0.717, 1.165) is 33.8 Å². The van der Waals surface area contributed by atoms with Crippen molar-refractivity contribution in [3.8, 4) is 0 Å². The van der Waals surface area contributed by atoms with Gasteiger partial charge >= 0.3 is 5.69 Å². The van der Waals surface area contributed by atoms with Crippen LogP contribution in [-0.2, 0) is 0 Å². The number of H-pyrrole nitrogens is 1. The second-order valence-corrected chi connectivity index (χ2v) is 7.46. The fourth-order valence-corrected chi connectivity index (χ4v) is 4.11. The van der Waals surface area contributed by atoms with Crippen molar-refractivity contribution in [2.45, 2.75) is 12.5 Å². The van der Waals surface area contributed by atoms with Crippen molar-refractivity contribution in [3.63, 3.8) is 0 Å².